The lowest BCUT2D eigenvalue weighted by molar-refractivity contribution is 1.11. The van der Waals surface area contributed by atoms with Crippen molar-refractivity contribution in [1.29, 1.82) is 0 Å². The van der Waals surface area contributed by atoms with Crippen molar-refractivity contribution < 1.29 is 0 Å². The van der Waals surface area contributed by atoms with Crippen LogP contribution >= 0.6 is 0 Å². The minimum Gasteiger partial charge on any atom is -0.308 e. The molecule has 0 saturated heterocycles. The van der Waals surface area contributed by atoms with Crippen LogP contribution in [0, 0.1) is 0 Å². The van der Waals surface area contributed by atoms with Crippen molar-refractivity contribution in [3.63, 3.8) is 0 Å². The maximum absolute atomic E-state index is 4.96. The molecule has 16 aromatic rings. The Morgan fingerprint density at radius 2 is 0.756 bits per heavy atom. The van der Waals surface area contributed by atoms with Gasteiger partial charge >= 0.3 is 0 Å². The van der Waals surface area contributed by atoms with E-state index in [1.165, 1.54) is 43.4 Å². The Bertz CT molecular complexity index is 4590. The van der Waals surface area contributed by atoms with Crippen molar-refractivity contribution in [3.8, 4) is 78.7 Å². The minimum atomic E-state index is 0.670. The van der Waals surface area contributed by atoms with Gasteiger partial charge in [0.25, 0.3) is 0 Å². The first-order chi connectivity index (χ1) is 38.7. The molecule has 78 heavy (non-hydrogen) atoms. The summed E-state index contributed by atoms with van der Waals surface area (Å²) in [5, 5.41) is 9.48. The lowest BCUT2D eigenvalue weighted by Crippen LogP contribution is -1.99. The average Bonchev–Trinajstić information content (AvgIpc) is 4.41. The molecule has 0 fully saturated rings. The molecule has 6 heterocycles. The van der Waals surface area contributed by atoms with Crippen molar-refractivity contribution in [1.82, 2.24) is 37.9 Å². The quantitative estimate of drug-likeness (QED) is 0.142. The summed E-state index contributed by atoms with van der Waals surface area (Å²) in [6.45, 7) is 0. The van der Waals surface area contributed by atoms with Gasteiger partial charge in [0.15, 0.2) is 5.65 Å². The second-order valence-electron chi connectivity index (χ2n) is 19.9. The van der Waals surface area contributed by atoms with Gasteiger partial charge in [0.05, 0.1) is 40.0 Å². The van der Waals surface area contributed by atoms with Crippen LogP contribution in [0.3, 0.4) is 0 Å². The monoisotopic (exact) mass is 996 g/mol. The van der Waals surface area contributed by atoms with Gasteiger partial charge in [-0.1, -0.05) is 194 Å². The number of benzene rings is 10. The molecule has 0 aliphatic heterocycles. The lowest BCUT2D eigenvalue weighted by atomic mass is 9.86. The molecule has 0 aliphatic carbocycles. The zero-order valence-electron chi connectivity index (χ0n) is 42.0. The summed E-state index contributed by atoms with van der Waals surface area (Å²) in [6, 6.07) is 81.9. The van der Waals surface area contributed by atoms with Crippen LogP contribution in [0.4, 0.5) is 0 Å². The lowest BCUT2D eigenvalue weighted by Gasteiger charge is -2.17. The highest BCUT2D eigenvalue weighted by Crippen LogP contribution is 2.55. The summed E-state index contributed by atoms with van der Waals surface area (Å²) in [5.41, 5.74) is 18.1. The first-order valence-electron chi connectivity index (χ1n) is 26.3. The highest BCUT2D eigenvalue weighted by atomic mass is 15.1. The Hall–Kier alpha value is -10.7. The molecule has 0 spiro atoms. The molecule has 0 radical (unpaired) electrons. The highest BCUT2D eigenvalue weighted by Gasteiger charge is 2.31. The first kappa shape index (κ1) is 43.7. The van der Waals surface area contributed by atoms with Gasteiger partial charge in [0.1, 0.15) is 0 Å². The van der Waals surface area contributed by atoms with Gasteiger partial charge in [0.2, 0.25) is 5.78 Å². The molecule has 0 unspecified atom stereocenters. The molecule has 16 rings (SSSR count). The zero-order valence-corrected chi connectivity index (χ0v) is 42.0. The number of rotatable bonds is 8. The summed E-state index contributed by atoms with van der Waals surface area (Å²) in [4.78, 5) is 18.7. The Labute approximate surface area is 447 Å². The molecule has 0 saturated carbocycles. The van der Waals surface area contributed by atoms with Crippen molar-refractivity contribution >= 4 is 65.5 Å². The summed E-state index contributed by atoms with van der Waals surface area (Å²) < 4.78 is 9.05. The smallest absolute Gasteiger partial charge is 0.234 e. The molecule has 0 amide bonds. The third-order valence-electron chi connectivity index (χ3n) is 15.6. The van der Waals surface area contributed by atoms with E-state index in [0.717, 1.165) is 95.0 Å². The normalized spacial score (nSPS) is 11.8. The molecule has 10 aromatic carbocycles. The molecular weight excluding hydrogens is 953 g/mol. The second kappa shape index (κ2) is 17.4. The standard InChI is InChI=1S/C70H44N8/c1-5-18-47(19-6-1)60-64-62-54-27-14-16-29-56(54)69-65(61(48-20-7-2-8-21-48)67(50-24-11-4-12-25-50)78(69)52-36-32-46(33-37-52)58-44-76-40-17-38-72-70(76)74-58)63(62)53-26-13-15-28-55(53)68(64)77(66(60)49-22-9-3-10-23-49)51-34-30-45(31-35-51)57-43-75-41-39-71-42-59(75)73-57/h1-44H. The summed E-state index contributed by atoms with van der Waals surface area (Å²) in [6.07, 6.45) is 13.4. The Morgan fingerprint density at radius 1 is 0.321 bits per heavy atom. The highest BCUT2D eigenvalue weighted by molar-refractivity contribution is 6.43. The van der Waals surface area contributed by atoms with Crippen LogP contribution in [-0.4, -0.2) is 37.9 Å². The number of hydrogen-bond acceptors (Lipinski definition) is 4. The van der Waals surface area contributed by atoms with Crippen molar-refractivity contribution in [2.45, 2.75) is 0 Å². The van der Waals surface area contributed by atoms with Crippen molar-refractivity contribution in [2.24, 2.45) is 0 Å². The zero-order chi connectivity index (χ0) is 51.3. The molecule has 0 aliphatic rings. The Balaban J connectivity index is 1.10. The second-order valence-corrected chi connectivity index (χ2v) is 19.9. The number of aromatic nitrogens is 8. The molecule has 0 bridgehead atoms. The number of imidazole rings is 2. The van der Waals surface area contributed by atoms with E-state index in [0.29, 0.717) is 5.78 Å². The van der Waals surface area contributed by atoms with E-state index >= 15 is 0 Å². The van der Waals surface area contributed by atoms with Crippen LogP contribution in [0.1, 0.15) is 0 Å². The van der Waals surface area contributed by atoms with Gasteiger partial charge < -0.3 is 13.5 Å². The van der Waals surface area contributed by atoms with Crippen LogP contribution in [0.15, 0.2) is 268 Å². The van der Waals surface area contributed by atoms with E-state index in [9.17, 15) is 0 Å². The predicted molar refractivity (Wildman–Crippen MR) is 318 cm³/mol. The third-order valence-corrected chi connectivity index (χ3v) is 15.6. The number of nitrogens with zero attached hydrogens (tertiary/aromatic N) is 8. The topological polar surface area (TPSA) is 70.2 Å². The summed E-state index contributed by atoms with van der Waals surface area (Å²) >= 11 is 0. The Morgan fingerprint density at radius 3 is 1.23 bits per heavy atom. The van der Waals surface area contributed by atoms with Crippen LogP contribution in [0.25, 0.3) is 144 Å². The largest absolute Gasteiger partial charge is 0.308 e. The van der Waals surface area contributed by atoms with Gasteiger partial charge in [-0.3, -0.25) is 9.38 Å². The first-order valence-corrected chi connectivity index (χ1v) is 26.3. The predicted octanol–water partition coefficient (Wildman–Crippen LogP) is 17.1. The van der Waals surface area contributed by atoms with E-state index in [4.69, 9.17) is 9.97 Å². The van der Waals surface area contributed by atoms with Gasteiger partial charge in [-0.2, -0.15) is 0 Å². The van der Waals surface area contributed by atoms with Crippen LogP contribution in [-0.2, 0) is 0 Å². The molecular formula is C70H44N8. The summed E-state index contributed by atoms with van der Waals surface area (Å²) in [7, 11) is 0. The molecule has 0 atom stereocenters. The van der Waals surface area contributed by atoms with Gasteiger partial charge in [0, 0.05) is 103 Å². The van der Waals surface area contributed by atoms with E-state index in [2.05, 4.69) is 244 Å². The average molecular weight is 997 g/mol. The van der Waals surface area contributed by atoms with Gasteiger partial charge in [-0.25, -0.2) is 15.0 Å². The van der Waals surface area contributed by atoms with Crippen molar-refractivity contribution in [2.75, 3.05) is 0 Å². The fraction of sp³-hybridized carbons (Fsp3) is 0. The fourth-order valence-corrected chi connectivity index (χ4v) is 12.3. The summed E-state index contributed by atoms with van der Waals surface area (Å²) in [5.74, 6) is 0.670. The van der Waals surface area contributed by atoms with Crippen LogP contribution in [0.5, 0.6) is 0 Å². The molecule has 8 nitrogen and oxygen atoms in total. The van der Waals surface area contributed by atoms with E-state index in [1.807, 2.05) is 33.5 Å². The van der Waals surface area contributed by atoms with Gasteiger partial charge in [-0.15, -0.1) is 0 Å². The van der Waals surface area contributed by atoms with E-state index in [-0.39, 0.29) is 0 Å². The molecule has 8 heteroatoms. The van der Waals surface area contributed by atoms with Crippen LogP contribution in [0.2, 0.25) is 0 Å². The number of fused-ring (bicyclic) bond motifs is 13. The fourth-order valence-electron chi connectivity index (χ4n) is 12.3. The van der Waals surface area contributed by atoms with Crippen molar-refractivity contribution in [3.05, 3.63) is 268 Å². The Kier molecular flexibility index (Phi) is 9.77. The van der Waals surface area contributed by atoms with E-state index < -0.39 is 0 Å². The third kappa shape index (κ3) is 6.66. The number of hydrogen-bond donors (Lipinski definition) is 0. The van der Waals surface area contributed by atoms with Crippen LogP contribution < -0.4 is 0 Å². The molecule has 6 aromatic heterocycles. The molecule has 364 valence electrons. The maximum Gasteiger partial charge on any atom is 0.234 e. The SMILES string of the molecule is c1ccc(-c2c(-c3ccccc3)n(-c3ccc(-c4cn5ccncc5n4)cc3)c3c4ccccc4c4c5c(-c6ccccc6)c(-c6ccccc6)n(-c6ccc(-c7cn8cccnc8n7)cc6)c5c5ccccc5c4c23)cc1. The van der Waals surface area contributed by atoms with Gasteiger partial charge in [-0.05, 0) is 63.4 Å². The minimum absolute atomic E-state index is 0.670. The van der Waals surface area contributed by atoms with E-state index in [1.54, 1.807) is 18.6 Å². The maximum atomic E-state index is 4.96. The molecule has 0 N–H and O–H groups in total.